The highest BCUT2D eigenvalue weighted by molar-refractivity contribution is 6.34. The summed E-state index contributed by atoms with van der Waals surface area (Å²) in [5.41, 5.74) is -1.36. The van der Waals surface area contributed by atoms with Crippen molar-refractivity contribution in [3.05, 3.63) is 0 Å². The average molecular weight is 234 g/mol. The van der Waals surface area contributed by atoms with Crippen molar-refractivity contribution in [2.24, 2.45) is 5.41 Å². The van der Waals surface area contributed by atoms with Gasteiger partial charge < -0.3 is 4.74 Å². The topological polar surface area (TPSA) is 72.5 Å². The summed E-state index contributed by atoms with van der Waals surface area (Å²) in [5, 5.41) is 1.17. The second-order valence-corrected chi connectivity index (χ2v) is 4.07. The maximum Gasteiger partial charge on any atom is 0.321 e. The van der Waals surface area contributed by atoms with Crippen LogP contribution in [0.2, 0.25) is 0 Å². The molecule has 1 N–H and O–H groups in total. The number of halogens is 1. The third-order valence-electron chi connectivity index (χ3n) is 2.34. The van der Waals surface area contributed by atoms with E-state index >= 15 is 0 Å². The molecule has 0 aromatic rings. The van der Waals surface area contributed by atoms with E-state index in [0.717, 1.165) is 0 Å². The third kappa shape index (κ3) is 2.12. The molecule has 2 unspecified atom stereocenters. The van der Waals surface area contributed by atoms with E-state index < -0.39 is 28.6 Å². The lowest BCUT2D eigenvalue weighted by Gasteiger charge is -2.31. The molecule has 84 valence electrons. The molecule has 5 nitrogen and oxygen atoms in total. The van der Waals surface area contributed by atoms with Gasteiger partial charge in [-0.2, -0.15) is 0 Å². The van der Waals surface area contributed by atoms with Crippen molar-refractivity contribution < 1.29 is 19.1 Å². The lowest BCUT2D eigenvalue weighted by Crippen LogP contribution is -2.56. The minimum atomic E-state index is -1.36. The Balaban J connectivity index is 2.87. The molecule has 0 bridgehead atoms. The van der Waals surface area contributed by atoms with Crippen LogP contribution >= 0.6 is 11.6 Å². The molecule has 1 aliphatic heterocycles. The molecule has 0 saturated carbocycles. The van der Waals surface area contributed by atoms with Crippen molar-refractivity contribution >= 4 is 29.4 Å². The van der Waals surface area contributed by atoms with E-state index in [4.69, 9.17) is 16.3 Å². The van der Waals surface area contributed by atoms with Gasteiger partial charge in [-0.05, 0) is 20.3 Å². The lowest BCUT2D eigenvalue weighted by molar-refractivity contribution is -0.162. The number of hydrogen-bond donors (Lipinski definition) is 1. The molecule has 0 aromatic carbocycles. The smallest absolute Gasteiger partial charge is 0.321 e. The van der Waals surface area contributed by atoms with Crippen LogP contribution in [0.15, 0.2) is 0 Å². The number of rotatable bonds is 2. The first-order chi connectivity index (χ1) is 6.91. The fourth-order valence-corrected chi connectivity index (χ4v) is 1.70. The predicted octanol–water partition coefficient (Wildman–Crippen LogP) is 0.210. The van der Waals surface area contributed by atoms with Gasteiger partial charge in [0.2, 0.25) is 11.8 Å². The molecular weight excluding hydrogens is 222 g/mol. The first kappa shape index (κ1) is 12.0. The number of alkyl halides is 1. The van der Waals surface area contributed by atoms with Gasteiger partial charge in [0, 0.05) is 0 Å². The molecule has 1 heterocycles. The summed E-state index contributed by atoms with van der Waals surface area (Å²) in [4.78, 5) is 34.1. The molecule has 6 heteroatoms. The van der Waals surface area contributed by atoms with Crippen LogP contribution < -0.4 is 5.32 Å². The number of carbonyl (C=O) groups is 3. The van der Waals surface area contributed by atoms with Crippen molar-refractivity contribution in [2.75, 3.05) is 6.61 Å². The first-order valence-electron chi connectivity index (χ1n) is 4.58. The second-order valence-electron chi connectivity index (χ2n) is 3.54. The Labute approximate surface area is 92.1 Å². The molecule has 0 radical (unpaired) electrons. The molecule has 0 aromatic heterocycles. The van der Waals surface area contributed by atoms with Gasteiger partial charge in [0.15, 0.2) is 0 Å². The van der Waals surface area contributed by atoms with Gasteiger partial charge in [-0.15, -0.1) is 11.6 Å². The number of imide groups is 1. The Morgan fingerprint density at radius 1 is 1.67 bits per heavy atom. The van der Waals surface area contributed by atoms with Gasteiger partial charge in [0.05, 0.1) is 6.61 Å². The number of carbonyl (C=O) groups excluding carboxylic acids is 3. The fraction of sp³-hybridized carbons (Fsp3) is 0.667. The Kier molecular flexibility index (Phi) is 3.34. The maximum absolute atomic E-state index is 11.5. The summed E-state index contributed by atoms with van der Waals surface area (Å²) in [6.07, 6.45) is -0.0297. The van der Waals surface area contributed by atoms with Crippen LogP contribution in [0, 0.1) is 5.41 Å². The zero-order valence-corrected chi connectivity index (χ0v) is 9.26. The van der Waals surface area contributed by atoms with Crippen molar-refractivity contribution in [2.45, 2.75) is 25.6 Å². The van der Waals surface area contributed by atoms with Crippen molar-refractivity contribution in [3.63, 3.8) is 0 Å². The van der Waals surface area contributed by atoms with E-state index in [2.05, 4.69) is 0 Å². The highest BCUT2D eigenvalue weighted by atomic mass is 35.5. The minimum absolute atomic E-state index is 0.0297. The fourth-order valence-electron chi connectivity index (χ4n) is 1.34. The molecule has 15 heavy (non-hydrogen) atoms. The summed E-state index contributed by atoms with van der Waals surface area (Å²) >= 11 is 5.69. The molecule has 1 rings (SSSR count). The Bertz CT molecular complexity index is 317. The van der Waals surface area contributed by atoms with Gasteiger partial charge in [-0.1, -0.05) is 0 Å². The van der Waals surface area contributed by atoms with Crippen LogP contribution in [0.4, 0.5) is 0 Å². The van der Waals surface area contributed by atoms with Crippen molar-refractivity contribution in [1.29, 1.82) is 0 Å². The van der Waals surface area contributed by atoms with Gasteiger partial charge in [0.25, 0.3) is 0 Å². The summed E-state index contributed by atoms with van der Waals surface area (Å²) in [6, 6.07) is 0. The quantitative estimate of drug-likeness (QED) is 0.320. The number of amides is 2. The predicted molar refractivity (Wildman–Crippen MR) is 52.1 cm³/mol. The summed E-state index contributed by atoms with van der Waals surface area (Å²) in [5.74, 6) is -1.87. The zero-order valence-electron chi connectivity index (χ0n) is 8.50. The van der Waals surface area contributed by atoms with E-state index in [0.29, 0.717) is 0 Å². The third-order valence-corrected chi connectivity index (χ3v) is 2.69. The normalized spacial score (nSPS) is 31.0. The number of esters is 1. The summed E-state index contributed by atoms with van der Waals surface area (Å²) < 4.78 is 4.77. The molecule has 2 amide bonds. The minimum Gasteiger partial charge on any atom is -0.465 e. The second kappa shape index (κ2) is 4.18. The van der Waals surface area contributed by atoms with Crippen LogP contribution in [0.5, 0.6) is 0 Å². The lowest BCUT2D eigenvalue weighted by atomic mass is 9.81. The molecular formula is C9H12ClNO4. The van der Waals surface area contributed by atoms with Gasteiger partial charge >= 0.3 is 5.97 Å². The summed E-state index contributed by atoms with van der Waals surface area (Å²) in [6.45, 7) is 3.25. The van der Waals surface area contributed by atoms with E-state index in [9.17, 15) is 14.4 Å². The van der Waals surface area contributed by atoms with Crippen LogP contribution in [0.1, 0.15) is 20.3 Å². The standard InChI is InChI=1S/C9H12ClNO4/c1-3-15-8(14)9(2)4-5(10)6(12)11-7(9)13/h5H,3-4H2,1-2H3,(H,11,12,13). The largest absolute Gasteiger partial charge is 0.465 e. The first-order valence-corrected chi connectivity index (χ1v) is 5.02. The number of piperidine rings is 1. The molecule has 0 aliphatic carbocycles. The highest BCUT2D eigenvalue weighted by Gasteiger charge is 2.49. The Hall–Kier alpha value is -1.10. The molecule has 2 atom stereocenters. The van der Waals surface area contributed by atoms with Gasteiger partial charge in [-0.25, -0.2) is 0 Å². The van der Waals surface area contributed by atoms with Crippen LogP contribution in [0.3, 0.4) is 0 Å². The molecule has 0 spiro atoms. The van der Waals surface area contributed by atoms with E-state index in [-0.39, 0.29) is 13.0 Å². The number of hydrogen-bond acceptors (Lipinski definition) is 4. The van der Waals surface area contributed by atoms with Crippen LogP contribution in [0.25, 0.3) is 0 Å². The average Bonchev–Trinajstić information content (AvgIpc) is 2.15. The van der Waals surface area contributed by atoms with Gasteiger partial charge in [0.1, 0.15) is 10.8 Å². The van der Waals surface area contributed by atoms with Crippen molar-refractivity contribution in [3.8, 4) is 0 Å². The zero-order chi connectivity index (χ0) is 11.6. The van der Waals surface area contributed by atoms with Gasteiger partial charge in [-0.3, -0.25) is 19.7 Å². The highest BCUT2D eigenvalue weighted by Crippen LogP contribution is 2.31. The number of ether oxygens (including phenoxy) is 1. The molecule has 1 aliphatic rings. The maximum atomic E-state index is 11.5. The van der Waals surface area contributed by atoms with E-state index in [1.807, 2.05) is 5.32 Å². The molecule has 1 fully saturated rings. The number of nitrogens with one attached hydrogen (secondary N) is 1. The Morgan fingerprint density at radius 3 is 2.80 bits per heavy atom. The van der Waals surface area contributed by atoms with Crippen LogP contribution in [-0.2, 0) is 19.1 Å². The molecule has 1 saturated heterocycles. The summed E-state index contributed by atoms with van der Waals surface area (Å²) in [7, 11) is 0. The van der Waals surface area contributed by atoms with E-state index in [1.165, 1.54) is 6.92 Å². The van der Waals surface area contributed by atoms with E-state index in [1.54, 1.807) is 6.92 Å². The SMILES string of the molecule is CCOC(=O)C1(C)CC(Cl)C(=O)NC1=O. The Morgan fingerprint density at radius 2 is 2.27 bits per heavy atom. The monoisotopic (exact) mass is 233 g/mol. The van der Waals surface area contributed by atoms with Crippen molar-refractivity contribution in [1.82, 2.24) is 5.32 Å². The van der Waals surface area contributed by atoms with Crippen LogP contribution in [-0.4, -0.2) is 29.8 Å².